The third-order valence-electron chi connectivity index (χ3n) is 5.16. The highest BCUT2D eigenvalue weighted by Gasteiger charge is 2.53. The van der Waals surface area contributed by atoms with Gasteiger partial charge in [-0.15, -0.1) is 35.3 Å². The first-order valence-electron chi connectivity index (χ1n) is 8.42. The van der Waals surface area contributed by atoms with E-state index < -0.39 is 0 Å². The van der Waals surface area contributed by atoms with Gasteiger partial charge in [0.1, 0.15) is 0 Å². The molecule has 1 aromatic heterocycles. The quantitative estimate of drug-likeness (QED) is 0.437. The molecular weight excluding hydrogens is 423 g/mol. The highest BCUT2D eigenvalue weighted by molar-refractivity contribution is 14.0. The number of fused-ring (bicyclic) bond motifs is 5. The highest BCUT2D eigenvalue weighted by atomic mass is 127. The second-order valence-corrected chi connectivity index (χ2v) is 7.41. The van der Waals surface area contributed by atoms with Crippen molar-refractivity contribution in [1.29, 1.82) is 0 Å². The lowest BCUT2D eigenvalue weighted by Crippen LogP contribution is -2.41. The number of hydrogen-bond acceptors (Lipinski definition) is 4. The number of halogens is 1. The van der Waals surface area contributed by atoms with E-state index in [0.717, 1.165) is 50.4 Å². The summed E-state index contributed by atoms with van der Waals surface area (Å²) in [6, 6.07) is 0. The van der Waals surface area contributed by atoms with Crippen molar-refractivity contribution in [2.75, 3.05) is 26.2 Å². The summed E-state index contributed by atoms with van der Waals surface area (Å²) >= 11 is 1.71. The molecule has 2 bridgehead atoms. The Hall–Kier alpha value is -0.410. The highest BCUT2D eigenvalue weighted by Crippen LogP contribution is 2.47. The van der Waals surface area contributed by atoms with E-state index >= 15 is 0 Å². The minimum atomic E-state index is 0. The Bertz CT molecular complexity index is 520. The summed E-state index contributed by atoms with van der Waals surface area (Å²) in [5.41, 5.74) is 0. The maximum atomic E-state index is 6.06. The van der Waals surface area contributed by atoms with Gasteiger partial charge in [0, 0.05) is 56.0 Å². The zero-order valence-electron chi connectivity index (χ0n) is 13.5. The molecule has 4 atom stereocenters. The van der Waals surface area contributed by atoms with Gasteiger partial charge >= 0.3 is 0 Å². The lowest BCUT2D eigenvalue weighted by atomic mass is 9.82. The van der Waals surface area contributed by atoms with Crippen LogP contribution in [-0.4, -0.2) is 54.2 Å². The number of guanidine groups is 1. The number of aromatic nitrogens is 1. The number of ether oxygens (including phenoxy) is 1. The van der Waals surface area contributed by atoms with Crippen molar-refractivity contribution >= 4 is 41.3 Å². The first-order valence-corrected chi connectivity index (χ1v) is 9.30. The number of nitrogens with one attached hydrogen (secondary N) is 1. The van der Waals surface area contributed by atoms with Crippen LogP contribution in [0.1, 0.15) is 24.8 Å². The molecule has 3 aliphatic rings. The molecule has 0 saturated carbocycles. The van der Waals surface area contributed by atoms with Gasteiger partial charge in [0.25, 0.3) is 0 Å². The molecule has 0 spiro atoms. The molecular formula is C16H25IN4OS. The summed E-state index contributed by atoms with van der Waals surface area (Å²) in [6.45, 7) is 6.08. The number of nitrogens with zero attached hydrogens (tertiary/aromatic N) is 3. The molecule has 0 aliphatic carbocycles. The van der Waals surface area contributed by atoms with E-state index in [1.165, 1.54) is 17.8 Å². The van der Waals surface area contributed by atoms with E-state index in [9.17, 15) is 0 Å². The van der Waals surface area contributed by atoms with E-state index in [1.54, 1.807) is 11.3 Å². The molecule has 5 nitrogen and oxygen atoms in total. The van der Waals surface area contributed by atoms with Crippen LogP contribution in [0.25, 0.3) is 0 Å². The van der Waals surface area contributed by atoms with Gasteiger partial charge < -0.3 is 15.0 Å². The van der Waals surface area contributed by atoms with Gasteiger partial charge in [0.05, 0.1) is 17.2 Å². The van der Waals surface area contributed by atoms with Crippen LogP contribution in [-0.2, 0) is 11.2 Å². The summed E-state index contributed by atoms with van der Waals surface area (Å²) in [6.07, 6.45) is 6.35. The van der Waals surface area contributed by atoms with Crippen molar-refractivity contribution in [3.8, 4) is 0 Å². The zero-order valence-corrected chi connectivity index (χ0v) is 16.6. The Labute approximate surface area is 158 Å². The summed E-state index contributed by atoms with van der Waals surface area (Å²) in [5, 5.41) is 6.66. The van der Waals surface area contributed by atoms with Crippen molar-refractivity contribution in [2.24, 2.45) is 16.8 Å². The van der Waals surface area contributed by atoms with Crippen LogP contribution >= 0.6 is 35.3 Å². The Morgan fingerprint density at radius 3 is 2.74 bits per heavy atom. The molecule has 7 heteroatoms. The van der Waals surface area contributed by atoms with Gasteiger partial charge in [-0.1, -0.05) is 0 Å². The van der Waals surface area contributed by atoms with Gasteiger partial charge in [0.2, 0.25) is 0 Å². The van der Waals surface area contributed by atoms with E-state index in [-0.39, 0.29) is 24.0 Å². The number of aliphatic imine (C=N–C) groups is 1. The average molecular weight is 448 g/mol. The summed E-state index contributed by atoms with van der Waals surface area (Å²) in [5.74, 6) is 2.52. The number of likely N-dealkylation sites (tertiary alicyclic amines) is 1. The molecule has 3 fully saturated rings. The first kappa shape index (κ1) is 17.4. The molecule has 1 N–H and O–H groups in total. The lowest BCUT2D eigenvalue weighted by molar-refractivity contribution is 0.0767. The SMILES string of the molecule is CCNC(=NCCc1nccs1)N1CC2C3CCC(O3)C2C1.I. The lowest BCUT2D eigenvalue weighted by Gasteiger charge is -2.23. The monoisotopic (exact) mass is 448 g/mol. The molecule has 4 heterocycles. The Kier molecular flexibility index (Phi) is 5.79. The predicted molar refractivity (Wildman–Crippen MR) is 104 cm³/mol. The molecule has 0 radical (unpaired) electrons. The maximum absolute atomic E-state index is 6.06. The molecule has 128 valence electrons. The van der Waals surface area contributed by atoms with Gasteiger partial charge in [-0.05, 0) is 19.8 Å². The minimum absolute atomic E-state index is 0. The van der Waals surface area contributed by atoms with Gasteiger partial charge in [-0.3, -0.25) is 4.99 Å². The molecule has 0 amide bonds. The summed E-state index contributed by atoms with van der Waals surface area (Å²) in [7, 11) is 0. The van der Waals surface area contributed by atoms with E-state index in [2.05, 4.69) is 22.1 Å². The standard InChI is InChI=1S/C16H24N4OS.HI/c1-2-17-16(19-6-5-15-18-7-8-22-15)20-9-11-12(10-20)14-4-3-13(11)21-14;/h7-8,11-14H,2-6,9-10H2,1H3,(H,17,19);1H. The van der Waals surface area contributed by atoms with Crippen LogP contribution in [0.4, 0.5) is 0 Å². The summed E-state index contributed by atoms with van der Waals surface area (Å²) < 4.78 is 6.06. The zero-order chi connectivity index (χ0) is 14.9. The fourth-order valence-corrected chi connectivity index (χ4v) is 4.80. The molecule has 23 heavy (non-hydrogen) atoms. The van der Waals surface area contributed by atoms with Crippen molar-refractivity contribution in [2.45, 2.75) is 38.4 Å². The van der Waals surface area contributed by atoms with Crippen LogP contribution < -0.4 is 5.32 Å². The first-order chi connectivity index (χ1) is 10.8. The molecule has 3 aliphatic heterocycles. The minimum Gasteiger partial charge on any atom is -0.374 e. The topological polar surface area (TPSA) is 49.8 Å². The molecule has 4 unspecified atom stereocenters. The Morgan fingerprint density at radius 2 is 2.13 bits per heavy atom. The van der Waals surface area contributed by atoms with Crippen LogP contribution in [0.15, 0.2) is 16.6 Å². The van der Waals surface area contributed by atoms with Crippen LogP contribution in [0, 0.1) is 11.8 Å². The normalized spacial score (nSPS) is 32.0. The smallest absolute Gasteiger partial charge is 0.193 e. The number of hydrogen-bond donors (Lipinski definition) is 1. The Balaban J connectivity index is 0.00000156. The maximum Gasteiger partial charge on any atom is 0.193 e. The molecule has 4 rings (SSSR count). The molecule has 1 aromatic rings. The van der Waals surface area contributed by atoms with Crippen LogP contribution in [0.5, 0.6) is 0 Å². The second-order valence-electron chi connectivity index (χ2n) is 6.43. The largest absolute Gasteiger partial charge is 0.374 e. The predicted octanol–water partition coefficient (Wildman–Crippen LogP) is 2.38. The third kappa shape index (κ3) is 3.51. The van der Waals surface area contributed by atoms with E-state index in [4.69, 9.17) is 9.73 Å². The third-order valence-corrected chi connectivity index (χ3v) is 6.00. The van der Waals surface area contributed by atoms with Crippen molar-refractivity contribution < 1.29 is 4.74 Å². The van der Waals surface area contributed by atoms with E-state index in [0.29, 0.717) is 12.2 Å². The van der Waals surface area contributed by atoms with E-state index in [1.807, 2.05) is 11.6 Å². The summed E-state index contributed by atoms with van der Waals surface area (Å²) in [4.78, 5) is 11.6. The fourth-order valence-electron chi connectivity index (χ4n) is 4.19. The van der Waals surface area contributed by atoms with Crippen LogP contribution in [0.2, 0.25) is 0 Å². The van der Waals surface area contributed by atoms with Gasteiger partial charge in [-0.25, -0.2) is 4.98 Å². The molecule has 3 saturated heterocycles. The number of rotatable bonds is 4. The molecule has 0 aromatic carbocycles. The van der Waals surface area contributed by atoms with Crippen LogP contribution in [0.3, 0.4) is 0 Å². The Morgan fingerprint density at radius 1 is 1.39 bits per heavy atom. The number of thiazole rings is 1. The fraction of sp³-hybridized carbons (Fsp3) is 0.750. The second kappa shape index (κ2) is 7.65. The van der Waals surface area contributed by atoms with Crippen molar-refractivity contribution in [3.05, 3.63) is 16.6 Å². The van der Waals surface area contributed by atoms with Crippen molar-refractivity contribution in [3.63, 3.8) is 0 Å². The average Bonchev–Trinajstić information content (AvgIpc) is 3.27. The van der Waals surface area contributed by atoms with Gasteiger partial charge in [0.15, 0.2) is 5.96 Å². The van der Waals surface area contributed by atoms with Crippen molar-refractivity contribution in [1.82, 2.24) is 15.2 Å². The van der Waals surface area contributed by atoms with Gasteiger partial charge in [-0.2, -0.15) is 0 Å².